The largest absolute Gasteiger partial charge is 0.497 e. The van der Waals surface area contributed by atoms with Crippen LogP contribution in [0, 0.1) is 0 Å². The van der Waals surface area contributed by atoms with E-state index < -0.39 is 0 Å². The van der Waals surface area contributed by atoms with E-state index in [1.807, 2.05) is 19.1 Å². The lowest BCUT2D eigenvalue weighted by molar-refractivity contribution is -0.119. The van der Waals surface area contributed by atoms with Crippen LogP contribution in [0.5, 0.6) is 5.75 Å². The molecule has 0 atom stereocenters. The van der Waals surface area contributed by atoms with Crippen molar-refractivity contribution >= 4 is 41.5 Å². The second kappa shape index (κ2) is 13.4. The highest BCUT2D eigenvalue weighted by molar-refractivity contribution is 14.0. The maximum absolute atomic E-state index is 11.9. The van der Waals surface area contributed by atoms with Crippen LogP contribution in [0.1, 0.15) is 6.92 Å². The summed E-state index contributed by atoms with van der Waals surface area (Å²) in [6.07, 6.45) is 0. The molecule has 0 aromatic heterocycles. The number of piperazine rings is 1. The van der Waals surface area contributed by atoms with E-state index in [2.05, 4.69) is 37.6 Å². The third kappa shape index (κ3) is 7.70. The highest BCUT2D eigenvalue weighted by atomic mass is 127. The summed E-state index contributed by atoms with van der Waals surface area (Å²) in [5.41, 5.74) is 1.19. The molecule has 2 N–H and O–H groups in total. The summed E-state index contributed by atoms with van der Waals surface area (Å²) in [5.74, 6) is 1.55. The van der Waals surface area contributed by atoms with Gasteiger partial charge in [0.2, 0.25) is 5.91 Å². The van der Waals surface area contributed by atoms with Crippen molar-refractivity contribution < 1.29 is 14.3 Å². The number of nitrogens with zero attached hydrogens (tertiary/aromatic N) is 3. The maximum Gasteiger partial charge on any atom is 0.241 e. The van der Waals surface area contributed by atoms with Crippen molar-refractivity contribution in [3.8, 4) is 5.75 Å². The average molecular weight is 505 g/mol. The van der Waals surface area contributed by atoms with Crippen LogP contribution in [0.15, 0.2) is 29.3 Å². The second-order valence-electron chi connectivity index (χ2n) is 6.19. The Bertz CT molecular complexity index is 604. The molecule has 0 aliphatic carbocycles. The summed E-state index contributed by atoms with van der Waals surface area (Å²) in [7, 11) is 3.28. The third-order valence-electron chi connectivity index (χ3n) is 4.35. The van der Waals surface area contributed by atoms with E-state index in [0.29, 0.717) is 13.2 Å². The Hall–Kier alpha value is -1.75. The zero-order chi connectivity index (χ0) is 19.5. The molecule has 0 saturated carbocycles. The molecular weight excluding hydrogens is 473 g/mol. The lowest BCUT2D eigenvalue weighted by Crippen LogP contribution is -2.52. The first kappa shape index (κ1) is 24.3. The monoisotopic (exact) mass is 505 g/mol. The zero-order valence-electron chi connectivity index (χ0n) is 16.9. The molecule has 1 fully saturated rings. The van der Waals surface area contributed by atoms with Gasteiger partial charge in [-0.1, -0.05) is 0 Å². The Labute approximate surface area is 184 Å². The number of anilines is 1. The number of halogens is 1. The van der Waals surface area contributed by atoms with Crippen LogP contribution in [-0.2, 0) is 9.53 Å². The van der Waals surface area contributed by atoms with Crippen LogP contribution in [0.3, 0.4) is 0 Å². The lowest BCUT2D eigenvalue weighted by Gasteiger charge is -2.37. The van der Waals surface area contributed by atoms with Gasteiger partial charge >= 0.3 is 0 Å². The fourth-order valence-corrected chi connectivity index (χ4v) is 2.89. The van der Waals surface area contributed by atoms with Gasteiger partial charge in [0.1, 0.15) is 12.3 Å². The number of guanidine groups is 1. The molecule has 0 unspecified atom stereocenters. The number of benzene rings is 1. The SMILES string of the molecule is CCNC(=NCC(=O)NCCOC)N1CCN(c2ccc(OC)cc2)CC1.I. The Kier molecular flexibility index (Phi) is 11.7. The zero-order valence-corrected chi connectivity index (χ0v) is 19.3. The molecule has 0 spiro atoms. The van der Waals surface area contributed by atoms with E-state index in [-0.39, 0.29) is 36.4 Å². The summed E-state index contributed by atoms with van der Waals surface area (Å²) in [6.45, 7) is 7.42. The molecule has 1 saturated heterocycles. The van der Waals surface area contributed by atoms with Gasteiger partial charge in [-0.05, 0) is 31.2 Å². The molecule has 0 radical (unpaired) electrons. The molecule has 1 aliphatic rings. The number of amides is 1. The van der Waals surface area contributed by atoms with Gasteiger partial charge in [-0.15, -0.1) is 24.0 Å². The predicted octanol–water partition coefficient (Wildman–Crippen LogP) is 1.16. The average Bonchev–Trinajstić information content (AvgIpc) is 2.71. The van der Waals surface area contributed by atoms with Crippen LogP contribution in [0.4, 0.5) is 5.69 Å². The first-order valence-electron chi connectivity index (χ1n) is 9.35. The van der Waals surface area contributed by atoms with Gasteiger partial charge in [-0.2, -0.15) is 0 Å². The number of hydrogen-bond acceptors (Lipinski definition) is 5. The number of carbonyl (C=O) groups excluding carboxylic acids is 1. The smallest absolute Gasteiger partial charge is 0.241 e. The molecule has 1 amide bonds. The van der Waals surface area contributed by atoms with Gasteiger partial charge in [-0.3, -0.25) is 4.79 Å². The molecule has 1 aromatic carbocycles. The number of ether oxygens (including phenoxy) is 2. The van der Waals surface area contributed by atoms with E-state index in [4.69, 9.17) is 9.47 Å². The minimum atomic E-state index is -0.0979. The number of aliphatic imine (C=N–C) groups is 1. The molecule has 1 heterocycles. The summed E-state index contributed by atoms with van der Waals surface area (Å²) >= 11 is 0. The van der Waals surface area contributed by atoms with E-state index in [9.17, 15) is 4.79 Å². The van der Waals surface area contributed by atoms with E-state index >= 15 is 0 Å². The predicted molar refractivity (Wildman–Crippen MR) is 123 cm³/mol. The van der Waals surface area contributed by atoms with Crippen molar-refractivity contribution in [1.82, 2.24) is 15.5 Å². The summed E-state index contributed by atoms with van der Waals surface area (Å²) in [4.78, 5) is 20.9. The minimum Gasteiger partial charge on any atom is -0.497 e. The van der Waals surface area contributed by atoms with Crippen LogP contribution in [-0.4, -0.2) is 83.4 Å². The molecule has 1 aromatic rings. The van der Waals surface area contributed by atoms with Crippen molar-refractivity contribution in [2.45, 2.75) is 6.92 Å². The second-order valence-corrected chi connectivity index (χ2v) is 6.19. The number of methoxy groups -OCH3 is 2. The number of hydrogen-bond donors (Lipinski definition) is 2. The van der Waals surface area contributed by atoms with Crippen LogP contribution >= 0.6 is 24.0 Å². The molecule has 2 rings (SSSR count). The van der Waals surface area contributed by atoms with E-state index in [0.717, 1.165) is 44.4 Å². The third-order valence-corrected chi connectivity index (χ3v) is 4.35. The van der Waals surface area contributed by atoms with Crippen molar-refractivity contribution in [2.24, 2.45) is 4.99 Å². The number of rotatable bonds is 8. The standard InChI is InChI=1S/C19H31N5O3.HI/c1-4-20-19(22-15-18(25)21-9-14-26-2)24-12-10-23(11-13-24)16-5-7-17(27-3)8-6-16;/h5-8H,4,9-15H2,1-3H3,(H,20,22)(H,21,25);1H. The first-order valence-corrected chi connectivity index (χ1v) is 9.35. The Morgan fingerprint density at radius 1 is 1.11 bits per heavy atom. The number of nitrogens with one attached hydrogen (secondary N) is 2. The molecule has 8 nitrogen and oxygen atoms in total. The first-order chi connectivity index (χ1) is 13.2. The van der Waals surface area contributed by atoms with Gasteiger partial charge < -0.3 is 29.9 Å². The number of carbonyl (C=O) groups is 1. The van der Waals surface area contributed by atoms with E-state index in [1.165, 1.54) is 5.69 Å². The Morgan fingerprint density at radius 3 is 2.36 bits per heavy atom. The minimum absolute atomic E-state index is 0. The molecular formula is C19H32IN5O3. The van der Waals surface area contributed by atoms with Gasteiger partial charge in [0.15, 0.2) is 5.96 Å². The van der Waals surface area contributed by atoms with Crippen molar-refractivity contribution in [3.05, 3.63) is 24.3 Å². The molecule has 158 valence electrons. The fraction of sp³-hybridized carbons (Fsp3) is 0.579. The lowest BCUT2D eigenvalue weighted by atomic mass is 10.2. The van der Waals surface area contributed by atoms with Crippen molar-refractivity contribution in [1.29, 1.82) is 0 Å². The summed E-state index contributed by atoms with van der Waals surface area (Å²) in [5, 5.41) is 6.07. The topological polar surface area (TPSA) is 78.4 Å². The molecule has 9 heteroatoms. The van der Waals surface area contributed by atoms with Gasteiger partial charge in [0.05, 0.1) is 13.7 Å². The molecule has 1 aliphatic heterocycles. The highest BCUT2D eigenvalue weighted by Gasteiger charge is 2.20. The van der Waals surface area contributed by atoms with Gasteiger partial charge in [0.25, 0.3) is 0 Å². The van der Waals surface area contributed by atoms with Crippen LogP contribution in [0.25, 0.3) is 0 Å². The van der Waals surface area contributed by atoms with Crippen LogP contribution in [0.2, 0.25) is 0 Å². The van der Waals surface area contributed by atoms with Crippen molar-refractivity contribution in [3.63, 3.8) is 0 Å². The Balaban J connectivity index is 0.00000392. The summed E-state index contributed by atoms with van der Waals surface area (Å²) < 4.78 is 10.1. The van der Waals surface area contributed by atoms with Gasteiger partial charge in [-0.25, -0.2) is 4.99 Å². The maximum atomic E-state index is 11.9. The molecule has 28 heavy (non-hydrogen) atoms. The van der Waals surface area contributed by atoms with Crippen LogP contribution < -0.4 is 20.3 Å². The normalized spacial score (nSPS) is 14.3. The fourth-order valence-electron chi connectivity index (χ4n) is 2.89. The highest BCUT2D eigenvalue weighted by Crippen LogP contribution is 2.20. The quantitative estimate of drug-likeness (QED) is 0.239. The Morgan fingerprint density at radius 2 is 1.79 bits per heavy atom. The van der Waals surface area contributed by atoms with Gasteiger partial charge in [0, 0.05) is 52.1 Å². The van der Waals surface area contributed by atoms with Crippen molar-refractivity contribution in [2.75, 3.05) is 71.5 Å². The van der Waals surface area contributed by atoms with E-state index in [1.54, 1.807) is 14.2 Å². The summed E-state index contributed by atoms with van der Waals surface area (Å²) in [6, 6.07) is 8.13. The molecule has 0 bridgehead atoms.